The normalized spacial score (nSPS) is 23.8. The minimum atomic E-state index is -1.11. The Morgan fingerprint density at radius 1 is 1.18 bits per heavy atom. The molecule has 5 nitrogen and oxygen atoms in total. The molecule has 6 heteroatoms. The number of unbranched alkanes of at least 4 members (excludes halogenated alkanes) is 2. The zero-order valence-corrected chi connectivity index (χ0v) is 12.7. The Balaban J connectivity index is 0.00000256. The van der Waals surface area contributed by atoms with Gasteiger partial charge in [0, 0.05) is 0 Å². The maximum Gasteiger partial charge on any atom is 1.00 e. The van der Waals surface area contributed by atoms with Crippen molar-refractivity contribution in [3.63, 3.8) is 0 Å². The van der Waals surface area contributed by atoms with Gasteiger partial charge in [0.15, 0.2) is 17.8 Å². The van der Waals surface area contributed by atoms with Gasteiger partial charge in [-0.15, -0.1) is 0 Å². The molecule has 0 aromatic heterocycles. The number of urea groups is 1. The first-order chi connectivity index (χ1) is 7.56. The predicted molar refractivity (Wildman–Crippen MR) is 58.8 cm³/mol. The molecule has 0 radical (unpaired) electrons. The van der Waals surface area contributed by atoms with Gasteiger partial charge < -0.3 is 10.6 Å². The van der Waals surface area contributed by atoms with Gasteiger partial charge in [-0.3, -0.25) is 14.4 Å². The van der Waals surface area contributed by atoms with Gasteiger partial charge in [0.1, 0.15) is 0 Å². The van der Waals surface area contributed by atoms with Crippen LogP contribution in [0.2, 0.25) is 0 Å². The third kappa shape index (κ3) is 3.53. The molecule has 1 N–H and O–H groups in total. The van der Waals surface area contributed by atoms with E-state index in [1.165, 1.54) is 0 Å². The Bertz CT molecular complexity index is 298. The van der Waals surface area contributed by atoms with E-state index in [2.05, 4.69) is 17.6 Å². The maximum atomic E-state index is 11.7. The van der Waals surface area contributed by atoms with Gasteiger partial charge in [-0.05, 0) is 12.8 Å². The van der Waals surface area contributed by atoms with E-state index >= 15 is 0 Å². The zero-order chi connectivity index (χ0) is 12.2. The quantitative estimate of drug-likeness (QED) is 0.390. The average molecular weight is 248 g/mol. The molecule has 0 bridgehead atoms. The van der Waals surface area contributed by atoms with E-state index in [-0.39, 0.29) is 29.6 Å². The van der Waals surface area contributed by atoms with Crippen LogP contribution in [0.3, 0.4) is 0 Å². The SMILES string of the molecule is CCCCCC1(CC)C(=O)[N-]C(=O)NC1=O.[Na+]. The first-order valence-electron chi connectivity index (χ1n) is 5.68. The Labute approximate surface area is 123 Å². The number of nitrogens with one attached hydrogen (secondary N) is 1. The van der Waals surface area contributed by atoms with E-state index in [0.29, 0.717) is 12.8 Å². The summed E-state index contributed by atoms with van der Waals surface area (Å²) in [5, 5.41) is 5.44. The summed E-state index contributed by atoms with van der Waals surface area (Å²) in [6.07, 6.45) is 3.64. The fourth-order valence-corrected chi connectivity index (χ4v) is 1.93. The summed E-state index contributed by atoms with van der Waals surface area (Å²) < 4.78 is 0. The van der Waals surface area contributed by atoms with Gasteiger partial charge in [0.05, 0.1) is 5.41 Å². The summed E-state index contributed by atoms with van der Waals surface area (Å²) in [4.78, 5) is 34.4. The second kappa shape index (κ2) is 7.13. The van der Waals surface area contributed by atoms with Crippen molar-refractivity contribution in [2.75, 3.05) is 0 Å². The molecular weight excluding hydrogens is 231 g/mol. The van der Waals surface area contributed by atoms with Crippen molar-refractivity contribution in [3.8, 4) is 0 Å². The molecule has 4 amide bonds. The van der Waals surface area contributed by atoms with E-state index in [1.54, 1.807) is 6.92 Å². The minimum Gasteiger partial charge on any atom is -0.394 e. The summed E-state index contributed by atoms with van der Waals surface area (Å²) in [5.74, 6) is -1.07. The Morgan fingerprint density at radius 3 is 2.29 bits per heavy atom. The van der Waals surface area contributed by atoms with Crippen molar-refractivity contribution in [3.05, 3.63) is 5.32 Å². The molecule has 1 aliphatic rings. The third-order valence-electron chi connectivity index (χ3n) is 3.08. The molecule has 0 aromatic carbocycles. The molecule has 0 saturated carbocycles. The molecule has 0 aromatic rings. The minimum absolute atomic E-state index is 0. The smallest absolute Gasteiger partial charge is 0.394 e. The Kier molecular flexibility index (Phi) is 6.97. The molecule has 17 heavy (non-hydrogen) atoms. The number of imide groups is 2. The molecule has 1 aliphatic heterocycles. The monoisotopic (exact) mass is 248 g/mol. The molecule has 1 atom stereocenters. The standard InChI is InChI=1S/C11H18N2O3.Na/c1-3-5-6-7-11(4-2)8(14)12-10(16)13-9(11)15;/h3-7H2,1-2H3,(H2,12,13,14,15,16);/q;+1/p-1. The fourth-order valence-electron chi connectivity index (χ4n) is 1.93. The maximum absolute atomic E-state index is 11.7. The number of barbiturate groups is 1. The van der Waals surface area contributed by atoms with Crippen molar-refractivity contribution in [2.45, 2.75) is 46.0 Å². The number of amides is 4. The number of carbonyl (C=O) groups is 3. The van der Waals surface area contributed by atoms with E-state index in [0.717, 1.165) is 19.3 Å². The third-order valence-corrected chi connectivity index (χ3v) is 3.08. The van der Waals surface area contributed by atoms with E-state index < -0.39 is 23.3 Å². The summed E-state index contributed by atoms with van der Waals surface area (Å²) in [6, 6.07) is -0.838. The molecule has 1 heterocycles. The van der Waals surface area contributed by atoms with Crippen LogP contribution in [0.5, 0.6) is 0 Å². The first kappa shape index (κ1) is 16.6. The summed E-state index contributed by atoms with van der Waals surface area (Å²) in [7, 11) is 0. The van der Waals surface area contributed by atoms with Crippen molar-refractivity contribution < 1.29 is 43.9 Å². The van der Waals surface area contributed by atoms with Gasteiger partial charge in [-0.25, -0.2) is 0 Å². The van der Waals surface area contributed by atoms with Crippen LogP contribution in [0, 0.1) is 5.41 Å². The van der Waals surface area contributed by atoms with Gasteiger partial charge in [0.2, 0.25) is 0 Å². The van der Waals surface area contributed by atoms with Crippen LogP contribution >= 0.6 is 0 Å². The van der Waals surface area contributed by atoms with Crippen LogP contribution in [0.1, 0.15) is 46.0 Å². The molecule has 0 aliphatic carbocycles. The number of hydrogen-bond donors (Lipinski definition) is 1. The number of rotatable bonds is 5. The molecular formula is C11H17N2NaO3. The van der Waals surface area contributed by atoms with E-state index in [1.807, 2.05) is 0 Å². The summed E-state index contributed by atoms with van der Waals surface area (Å²) >= 11 is 0. The second-order valence-corrected chi connectivity index (χ2v) is 4.07. The van der Waals surface area contributed by atoms with Gasteiger partial charge >= 0.3 is 29.6 Å². The summed E-state index contributed by atoms with van der Waals surface area (Å²) in [6.45, 7) is 3.82. The molecule has 0 spiro atoms. The van der Waals surface area contributed by atoms with Crippen molar-refractivity contribution in [2.24, 2.45) is 5.41 Å². The van der Waals surface area contributed by atoms with Gasteiger partial charge in [-0.2, -0.15) is 0 Å². The molecule has 1 saturated heterocycles. The van der Waals surface area contributed by atoms with Crippen LogP contribution in [-0.2, 0) is 9.59 Å². The van der Waals surface area contributed by atoms with Crippen LogP contribution in [-0.4, -0.2) is 17.8 Å². The predicted octanol–water partition coefficient (Wildman–Crippen LogP) is -0.883. The largest absolute Gasteiger partial charge is 1.00 e. The first-order valence-corrected chi connectivity index (χ1v) is 5.68. The number of hydrogen-bond acceptors (Lipinski definition) is 3. The van der Waals surface area contributed by atoms with Crippen LogP contribution in [0.25, 0.3) is 5.32 Å². The van der Waals surface area contributed by atoms with Crippen LogP contribution in [0.15, 0.2) is 0 Å². The van der Waals surface area contributed by atoms with Crippen molar-refractivity contribution in [1.82, 2.24) is 5.32 Å². The molecule has 90 valence electrons. The van der Waals surface area contributed by atoms with Crippen LogP contribution < -0.4 is 34.9 Å². The second-order valence-electron chi connectivity index (χ2n) is 4.07. The molecule has 1 fully saturated rings. The summed E-state index contributed by atoms with van der Waals surface area (Å²) in [5.41, 5.74) is -1.11. The zero-order valence-electron chi connectivity index (χ0n) is 10.7. The van der Waals surface area contributed by atoms with Crippen LogP contribution in [0.4, 0.5) is 4.79 Å². The van der Waals surface area contributed by atoms with Crippen molar-refractivity contribution >= 4 is 17.8 Å². The Hall–Kier alpha value is -0.390. The average Bonchev–Trinajstić information content (AvgIpc) is 2.22. The molecule has 1 rings (SSSR count). The van der Waals surface area contributed by atoms with Gasteiger partial charge in [0.25, 0.3) is 0 Å². The van der Waals surface area contributed by atoms with Crippen molar-refractivity contribution in [1.29, 1.82) is 0 Å². The topological polar surface area (TPSA) is 77.3 Å². The fraction of sp³-hybridized carbons (Fsp3) is 0.727. The van der Waals surface area contributed by atoms with E-state index in [9.17, 15) is 14.4 Å². The number of carbonyl (C=O) groups excluding carboxylic acids is 3. The molecule has 1 unspecified atom stereocenters. The van der Waals surface area contributed by atoms with Gasteiger partial charge in [-0.1, -0.05) is 33.1 Å². The Morgan fingerprint density at radius 2 is 1.82 bits per heavy atom. The number of nitrogens with zero attached hydrogens (tertiary/aromatic N) is 1. The van der Waals surface area contributed by atoms with E-state index in [4.69, 9.17) is 0 Å².